The molecule has 0 N–H and O–H groups in total. The lowest BCUT2D eigenvalue weighted by Crippen LogP contribution is -2.02. The second-order valence-corrected chi connectivity index (χ2v) is 7.74. The van der Waals surface area contributed by atoms with Crippen LogP contribution in [0.3, 0.4) is 0 Å². The molecule has 3 rings (SSSR count). The predicted octanol–water partition coefficient (Wildman–Crippen LogP) is 5.34. The van der Waals surface area contributed by atoms with Crippen molar-refractivity contribution in [1.29, 1.82) is 0 Å². The zero-order chi connectivity index (χ0) is 17.6. The normalized spacial score (nSPS) is 11.5. The van der Waals surface area contributed by atoms with Crippen LogP contribution in [0.5, 0.6) is 0 Å². The summed E-state index contributed by atoms with van der Waals surface area (Å²) in [5, 5.41) is 14.1. The quantitative estimate of drug-likeness (QED) is 0.403. The fraction of sp³-hybridized carbons (Fsp3) is 0.211. The molecule has 0 bridgehead atoms. The average Bonchev–Trinajstić information content (AvgIpc) is 3.03. The summed E-state index contributed by atoms with van der Waals surface area (Å²) in [5.41, 5.74) is 2.29. The highest BCUT2D eigenvalue weighted by atomic mass is 79.9. The Labute approximate surface area is 160 Å². The van der Waals surface area contributed by atoms with Gasteiger partial charge in [0.25, 0.3) is 0 Å². The van der Waals surface area contributed by atoms with Gasteiger partial charge in [-0.3, -0.25) is 0 Å². The van der Waals surface area contributed by atoms with Gasteiger partial charge in [-0.2, -0.15) is 9.78 Å². The van der Waals surface area contributed by atoms with Gasteiger partial charge in [0.1, 0.15) is 0 Å². The number of hydrogen-bond donors (Lipinski definition) is 0. The third-order valence-corrected chi connectivity index (χ3v) is 5.07. The van der Waals surface area contributed by atoms with E-state index < -0.39 is 0 Å². The molecule has 4 nitrogen and oxygen atoms in total. The Hall–Kier alpha value is -1.92. The number of hydrogen-bond acceptors (Lipinski definition) is 4. The molecule has 3 aromatic rings. The Bertz CT molecular complexity index is 842. The fourth-order valence-corrected chi connectivity index (χ4v) is 3.34. The molecule has 1 heterocycles. The van der Waals surface area contributed by atoms with Crippen molar-refractivity contribution in [1.82, 2.24) is 14.9 Å². The summed E-state index contributed by atoms with van der Waals surface area (Å²) >= 11 is 5.10. The molecule has 1 aromatic heterocycles. The Kier molecular flexibility index (Phi) is 6.04. The smallest absolute Gasteiger partial charge is 0.191 e. The molecule has 0 fully saturated rings. The van der Waals surface area contributed by atoms with E-state index in [1.54, 1.807) is 11.8 Å². The summed E-state index contributed by atoms with van der Waals surface area (Å²) in [6.07, 6.45) is 1.85. The molecule has 0 spiro atoms. The van der Waals surface area contributed by atoms with E-state index in [9.17, 15) is 0 Å². The maximum Gasteiger partial charge on any atom is 0.212 e. The zero-order valence-electron chi connectivity index (χ0n) is 14.1. The zero-order valence-corrected chi connectivity index (χ0v) is 16.5. The molecule has 0 aliphatic carbocycles. The standard InChI is InChI=1S/C19H19BrN4S/c1-14(2)18-22-23-19(25-13-16-8-10-17(20)11-9-16)24(18)21-12-15-6-4-3-5-7-15/h3-12,14H,13H2,1-2H3/b21-12-. The van der Waals surface area contributed by atoms with E-state index in [1.165, 1.54) is 5.56 Å². The SMILES string of the molecule is CC(C)c1nnc(SCc2ccc(Br)cc2)n1/N=C\c1ccccc1. The number of rotatable bonds is 6. The summed E-state index contributed by atoms with van der Waals surface area (Å²) in [4.78, 5) is 0. The van der Waals surface area contributed by atoms with Crippen LogP contribution in [0.4, 0.5) is 0 Å². The minimum atomic E-state index is 0.252. The number of benzene rings is 2. The van der Waals surface area contributed by atoms with Crippen molar-refractivity contribution < 1.29 is 0 Å². The van der Waals surface area contributed by atoms with Crippen molar-refractivity contribution in [2.75, 3.05) is 0 Å². The minimum absolute atomic E-state index is 0.252. The molecule has 0 saturated carbocycles. The lowest BCUT2D eigenvalue weighted by atomic mass is 10.2. The third kappa shape index (κ3) is 4.80. The van der Waals surface area contributed by atoms with Crippen molar-refractivity contribution in [3.05, 3.63) is 76.0 Å². The Morgan fingerprint density at radius 2 is 1.80 bits per heavy atom. The molecule has 6 heteroatoms. The van der Waals surface area contributed by atoms with E-state index in [4.69, 9.17) is 0 Å². The fourth-order valence-electron chi connectivity index (χ4n) is 2.23. The van der Waals surface area contributed by atoms with E-state index >= 15 is 0 Å². The first-order valence-electron chi connectivity index (χ1n) is 8.05. The molecule has 0 aliphatic heterocycles. The molecule has 0 saturated heterocycles. The maximum absolute atomic E-state index is 4.62. The lowest BCUT2D eigenvalue weighted by Gasteiger charge is -2.06. The first kappa shape index (κ1) is 17.9. The van der Waals surface area contributed by atoms with Crippen molar-refractivity contribution in [2.24, 2.45) is 5.10 Å². The van der Waals surface area contributed by atoms with Gasteiger partial charge in [0.2, 0.25) is 5.16 Å². The van der Waals surface area contributed by atoms with Crippen LogP contribution in [0.1, 0.15) is 36.7 Å². The van der Waals surface area contributed by atoms with E-state index in [0.717, 1.165) is 26.8 Å². The highest BCUT2D eigenvalue weighted by Gasteiger charge is 2.15. The second-order valence-electron chi connectivity index (χ2n) is 5.88. The van der Waals surface area contributed by atoms with Gasteiger partial charge in [-0.25, -0.2) is 0 Å². The van der Waals surface area contributed by atoms with Crippen LogP contribution in [0, 0.1) is 0 Å². The lowest BCUT2D eigenvalue weighted by molar-refractivity contribution is 0.667. The van der Waals surface area contributed by atoms with Crippen molar-refractivity contribution in [3.63, 3.8) is 0 Å². The molecular weight excluding hydrogens is 396 g/mol. The molecule has 0 unspecified atom stereocenters. The summed E-state index contributed by atoms with van der Waals surface area (Å²) in [5.74, 6) is 1.94. The van der Waals surface area contributed by atoms with Gasteiger partial charge in [0.05, 0.1) is 6.21 Å². The van der Waals surface area contributed by atoms with Crippen molar-refractivity contribution in [2.45, 2.75) is 30.7 Å². The number of thioether (sulfide) groups is 1. The summed E-state index contributed by atoms with van der Waals surface area (Å²) < 4.78 is 2.93. The molecule has 128 valence electrons. The van der Waals surface area contributed by atoms with Crippen LogP contribution in [0.15, 0.2) is 69.3 Å². The maximum atomic E-state index is 4.62. The molecule has 0 aliphatic rings. The summed E-state index contributed by atoms with van der Waals surface area (Å²) in [6.45, 7) is 4.20. The van der Waals surface area contributed by atoms with Gasteiger partial charge >= 0.3 is 0 Å². The monoisotopic (exact) mass is 414 g/mol. The van der Waals surface area contributed by atoms with Crippen LogP contribution in [-0.2, 0) is 5.75 Å². The summed E-state index contributed by atoms with van der Waals surface area (Å²) in [6, 6.07) is 18.4. The predicted molar refractivity (Wildman–Crippen MR) is 107 cm³/mol. The van der Waals surface area contributed by atoms with Gasteiger partial charge in [-0.1, -0.05) is 84.0 Å². The first-order chi connectivity index (χ1) is 12.1. The average molecular weight is 415 g/mol. The molecule has 0 radical (unpaired) electrons. The Morgan fingerprint density at radius 3 is 2.48 bits per heavy atom. The minimum Gasteiger partial charge on any atom is -0.191 e. The van der Waals surface area contributed by atoms with Crippen LogP contribution in [0.2, 0.25) is 0 Å². The molecule has 0 atom stereocenters. The van der Waals surface area contributed by atoms with Gasteiger partial charge in [0, 0.05) is 16.1 Å². The number of halogens is 1. The second kappa shape index (κ2) is 8.45. The largest absolute Gasteiger partial charge is 0.212 e. The van der Waals surface area contributed by atoms with Gasteiger partial charge in [-0.15, -0.1) is 10.2 Å². The highest BCUT2D eigenvalue weighted by Crippen LogP contribution is 2.25. The third-order valence-electron chi connectivity index (χ3n) is 3.56. The highest BCUT2D eigenvalue weighted by molar-refractivity contribution is 9.10. The van der Waals surface area contributed by atoms with E-state index in [2.05, 4.69) is 57.2 Å². The Morgan fingerprint density at radius 1 is 1.08 bits per heavy atom. The summed E-state index contributed by atoms with van der Waals surface area (Å²) in [7, 11) is 0. The van der Waals surface area contributed by atoms with Crippen molar-refractivity contribution >= 4 is 33.9 Å². The van der Waals surface area contributed by atoms with Gasteiger partial charge in [-0.05, 0) is 23.3 Å². The van der Waals surface area contributed by atoms with Gasteiger partial charge < -0.3 is 0 Å². The van der Waals surface area contributed by atoms with Crippen LogP contribution in [-0.4, -0.2) is 21.1 Å². The number of nitrogens with zero attached hydrogens (tertiary/aromatic N) is 4. The topological polar surface area (TPSA) is 43.1 Å². The molecule has 2 aromatic carbocycles. The first-order valence-corrected chi connectivity index (χ1v) is 9.83. The number of aromatic nitrogens is 3. The molecule has 25 heavy (non-hydrogen) atoms. The van der Waals surface area contributed by atoms with Gasteiger partial charge in [0.15, 0.2) is 5.82 Å². The van der Waals surface area contributed by atoms with Crippen molar-refractivity contribution in [3.8, 4) is 0 Å². The Balaban J connectivity index is 1.81. The van der Waals surface area contributed by atoms with E-state index in [0.29, 0.717) is 0 Å². The molecular formula is C19H19BrN4S. The van der Waals surface area contributed by atoms with Crippen LogP contribution in [0.25, 0.3) is 0 Å². The van der Waals surface area contributed by atoms with E-state index in [-0.39, 0.29) is 5.92 Å². The van der Waals surface area contributed by atoms with Crippen LogP contribution < -0.4 is 0 Å². The van der Waals surface area contributed by atoms with Crippen LogP contribution >= 0.6 is 27.7 Å². The van der Waals surface area contributed by atoms with E-state index in [1.807, 2.05) is 53.4 Å². The molecule has 0 amide bonds.